The number of amides is 1. The van der Waals surface area contributed by atoms with Crippen molar-refractivity contribution in [3.05, 3.63) is 30.0 Å². The number of benzene rings is 1. The second-order valence-corrected chi connectivity index (χ2v) is 5.98. The average molecular weight is 308 g/mol. The van der Waals surface area contributed by atoms with Gasteiger partial charge in [0.25, 0.3) is 0 Å². The summed E-state index contributed by atoms with van der Waals surface area (Å²) < 4.78 is 0. The third kappa shape index (κ3) is 2.27. The minimum atomic E-state index is 0.250. The van der Waals surface area contributed by atoms with Crippen molar-refractivity contribution in [1.82, 2.24) is 15.1 Å². The number of hydrogen-bond acceptors (Lipinski definition) is 2. The van der Waals surface area contributed by atoms with E-state index < -0.39 is 0 Å². The summed E-state index contributed by atoms with van der Waals surface area (Å²) in [6.45, 7) is 1.62. The number of aromatic nitrogens is 2. The SMILES string of the molecule is O=C1CC(Br)CN1CCc1ccc2cn[nH]c2c1. The van der Waals surface area contributed by atoms with Crippen molar-refractivity contribution in [1.29, 1.82) is 0 Å². The lowest BCUT2D eigenvalue weighted by molar-refractivity contribution is -0.127. The number of rotatable bonds is 3. The van der Waals surface area contributed by atoms with E-state index in [-0.39, 0.29) is 5.91 Å². The number of fused-ring (bicyclic) bond motifs is 1. The van der Waals surface area contributed by atoms with Crippen LogP contribution in [-0.4, -0.2) is 38.9 Å². The largest absolute Gasteiger partial charge is 0.341 e. The summed E-state index contributed by atoms with van der Waals surface area (Å²) in [4.78, 5) is 13.9. The molecule has 1 fully saturated rings. The van der Waals surface area contributed by atoms with Crippen molar-refractivity contribution in [2.24, 2.45) is 0 Å². The van der Waals surface area contributed by atoms with E-state index in [1.54, 1.807) is 0 Å². The molecule has 0 spiro atoms. The monoisotopic (exact) mass is 307 g/mol. The van der Waals surface area contributed by atoms with Gasteiger partial charge in [-0.1, -0.05) is 28.1 Å². The Morgan fingerprint density at radius 3 is 3.17 bits per heavy atom. The first-order valence-electron chi connectivity index (χ1n) is 6.06. The van der Waals surface area contributed by atoms with Crippen molar-refractivity contribution >= 4 is 32.7 Å². The van der Waals surface area contributed by atoms with Crippen LogP contribution in [0, 0.1) is 0 Å². The molecule has 1 amide bonds. The number of nitrogens with one attached hydrogen (secondary N) is 1. The fourth-order valence-electron chi connectivity index (χ4n) is 2.34. The standard InChI is InChI=1S/C13H14BrN3O/c14-11-6-13(18)17(8-11)4-3-9-1-2-10-7-15-16-12(10)5-9/h1-2,5,7,11H,3-4,6,8H2,(H,15,16). The number of aromatic amines is 1. The molecule has 1 N–H and O–H groups in total. The third-order valence-corrected chi connectivity index (χ3v) is 3.96. The Bertz CT molecular complexity index is 580. The predicted octanol–water partition coefficient (Wildman–Crippen LogP) is 2.10. The summed E-state index contributed by atoms with van der Waals surface area (Å²) >= 11 is 3.50. The smallest absolute Gasteiger partial charge is 0.223 e. The third-order valence-electron chi connectivity index (χ3n) is 3.34. The lowest BCUT2D eigenvalue weighted by atomic mass is 10.1. The minimum Gasteiger partial charge on any atom is -0.341 e. The molecule has 1 saturated heterocycles. The molecule has 1 aliphatic heterocycles. The molecular weight excluding hydrogens is 294 g/mol. The molecule has 0 aliphatic carbocycles. The molecule has 1 aromatic heterocycles. The van der Waals surface area contributed by atoms with Gasteiger partial charge in [-0.2, -0.15) is 5.10 Å². The zero-order chi connectivity index (χ0) is 12.5. The Labute approximate surface area is 113 Å². The van der Waals surface area contributed by atoms with Gasteiger partial charge < -0.3 is 4.90 Å². The van der Waals surface area contributed by atoms with Gasteiger partial charge in [0.05, 0.1) is 11.7 Å². The maximum absolute atomic E-state index is 11.7. The summed E-state index contributed by atoms with van der Waals surface area (Å²) in [5.74, 6) is 0.250. The lowest BCUT2D eigenvalue weighted by Gasteiger charge is -2.15. The van der Waals surface area contributed by atoms with E-state index in [1.807, 2.05) is 11.1 Å². The zero-order valence-corrected chi connectivity index (χ0v) is 11.5. The molecule has 1 unspecified atom stereocenters. The van der Waals surface area contributed by atoms with E-state index in [4.69, 9.17) is 0 Å². The zero-order valence-electron chi connectivity index (χ0n) is 9.90. The van der Waals surface area contributed by atoms with Crippen molar-refractivity contribution in [3.63, 3.8) is 0 Å². The maximum Gasteiger partial charge on any atom is 0.223 e. The number of hydrogen-bond donors (Lipinski definition) is 1. The van der Waals surface area contributed by atoms with Crippen LogP contribution in [0.4, 0.5) is 0 Å². The normalized spacial score (nSPS) is 19.9. The number of carbonyl (C=O) groups is 1. The highest BCUT2D eigenvalue weighted by Gasteiger charge is 2.26. The molecule has 94 valence electrons. The van der Waals surface area contributed by atoms with E-state index in [0.29, 0.717) is 11.2 Å². The summed E-state index contributed by atoms with van der Waals surface area (Å²) in [6, 6.07) is 6.27. The second kappa shape index (κ2) is 4.72. The van der Waals surface area contributed by atoms with Crippen LogP contribution >= 0.6 is 15.9 Å². The summed E-state index contributed by atoms with van der Waals surface area (Å²) in [7, 11) is 0. The van der Waals surface area contributed by atoms with Gasteiger partial charge >= 0.3 is 0 Å². The summed E-state index contributed by atoms with van der Waals surface area (Å²) in [5, 5.41) is 8.09. The van der Waals surface area contributed by atoms with Gasteiger partial charge in [-0.05, 0) is 18.1 Å². The molecule has 5 heteroatoms. The highest BCUT2D eigenvalue weighted by Crippen LogP contribution is 2.19. The molecule has 1 aliphatic rings. The molecule has 0 saturated carbocycles. The van der Waals surface area contributed by atoms with Gasteiger partial charge in [0.15, 0.2) is 0 Å². The van der Waals surface area contributed by atoms with Gasteiger partial charge in [0.2, 0.25) is 5.91 Å². The topological polar surface area (TPSA) is 49.0 Å². The number of nitrogens with zero attached hydrogens (tertiary/aromatic N) is 2. The van der Waals surface area contributed by atoms with Crippen LogP contribution in [0.2, 0.25) is 0 Å². The summed E-state index contributed by atoms with van der Waals surface area (Å²) in [6.07, 6.45) is 3.33. The average Bonchev–Trinajstić information content (AvgIpc) is 2.92. The van der Waals surface area contributed by atoms with Crippen LogP contribution in [0.5, 0.6) is 0 Å². The molecule has 0 bridgehead atoms. The minimum absolute atomic E-state index is 0.250. The first-order chi connectivity index (χ1) is 8.72. The highest BCUT2D eigenvalue weighted by molar-refractivity contribution is 9.09. The van der Waals surface area contributed by atoms with Gasteiger partial charge in [-0.25, -0.2) is 0 Å². The first kappa shape index (κ1) is 11.7. The molecule has 4 nitrogen and oxygen atoms in total. The Morgan fingerprint density at radius 1 is 1.50 bits per heavy atom. The Kier molecular flexibility index (Phi) is 3.07. The first-order valence-corrected chi connectivity index (χ1v) is 6.98. The van der Waals surface area contributed by atoms with Crippen molar-refractivity contribution in [3.8, 4) is 0 Å². The fraction of sp³-hybridized carbons (Fsp3) is 0.385. The lowest BCUT2D eigenvalue weighted by Crippen LogP contribution is -2.27. The van der Waals surface area contributed by atoms with E-state index in [0.717, 1.165) is 30.4 Å². The van der Waals surface area contributed by atoms with Crippen LogP contribution in [0.1, 0.15) is 12.0 Å². The summed E-state index contributed by atoms with van der Waals surface area (Å²) in [5.41, 5.74) is 2.29. The molecule has 1 aromatic carbocycles. The molecule has 1 atom stereocenters. The number of carbonyl (C=O) groups excluding carboxylic acids is 1. The quantitative estimate of drug-likeness (QED) is 0.883. The Morgan fingerprint density at radius 2 is 2.39 bits per heavy atom. The van der Waals surface area contributed by atoms with Crippen LogP contribution < -0.4 is 0 Å². The van der Waals surface area contributed by atoms with Gasteiger partial charge in [0, 0.05) is 29.7 Å². The van der Waals surface area contributed by atoms with E-state index in [2.05, 4.69) is 44.3 Å². The molecule has 2 aromatic rings. The van der Waals surface area contributed by atoms with Gasteiger partial charge in [-0.15, -0.1) is 0 Å². The van der Waals surface area contributed by atoms with Crippen LogP contribution in [0.25, 0.3) is 10.9 Å². The van der Waals surface area contributed by atoms with Crippen molar-refractivity contribution < 1.29 is 4.79 Å². The Balaban J connectivity index is 1.67. The molecule has 2 heterocycles. The van der Waals surface area contributed by atoms with E-state index >= 15 is 0 Å². The highest BCUT2D eigenvalue weighted by atomic mass is 79.9. The number of halogens is 1. The maximum atomic E-state index is 11.7. The van der Waals surface area contributed by atoms with Gasteiger partial charge in [0.1, 0.15) is 0 Å². The van der Waals surface area contributed by atoms with Gasteiger partial charge in [-0.3, -0.25) is 9.89 Å². The molecule has 3 rings (SSSR count). The van der Waals surface area contributed by atoms with Crippen LogP contribution in [0.3, 0.4) is 0 Å². The second-order valence-electron chi connectivity index (χ2n) is 4.68. The van der Waals surface area contributed by atoms with E-state index in [9.17, 15) is 4.79 Å². The molecular formula is C13H14BrN3O. The molecule has 0 radical (unpaired) electrons. The number of alkyl halides is 1. The van der Waals surface area contributed by atoms with Crippen molar-refractivity contribution in [2.75, 3.05) is 13.1 Å². The fourth-order valence-corrected chi connectivity index (χ4v) is 2.97. The van der Waals surface area contributed by atoms with Crippen LogP contribution in [0.15, 0.2) is 24.4 Å². The number of H-pyrrole nitrogens is 1. The predicted molar refractivity (Wildman–Crippen MR) is 73.7 cm³/mol. The van der Waals surface area contributed by atoms with Crippen LogP contribution in [-0.2, 0) is 11.2 Å². The number of likely N-dealkylation sites (tertiary alicyclic amines) is 1. The Hall–Kier alpha value is -1.36. The van der Waals surface area contributed by atoms with E-state index in [1.165, 1.54) is 5.56 Å². The molecule has 18 heavy (non-hydrogen) atoms. The van der Waals surface area contributed by atoms with Crippen molar-refractivity contribution in [2.45, 2.75) is 17.7 Å².